The Kier molecular flexibility index (Phi) is 2.16. The summed E-state index contributed by atoms with van der Waals surface area (Å²) in [6.07, 6.45) is 4.61. The zero-order valence-electron chi connectivity index (χ0n) is 10.7. The molecule has 0 heterocycles. The van der Waals surface area contributed by atoms with E-state index in [0.717, 1.165) is 0 Å². The van der Waals surface area contributed by atoms with Gasteiger partial charge in [0.05, 0.1) is 0 Å². The average Bonchev–Trinajstić information content (AvgIpc) is 2.33. The summed E-state index contributed by atoms with van der Waals surface area (Å²) < 4.78 is 0. The SMILES string of the molecule is CC1C=Cc2cc3ccccc3cc2C1(C)C. The molecule has 0 fully saturated rings. The van der Waals surface area contributed by atoms with Gasteiger partial charge in [-0.05, 0) is 45.4 Å². The van der Waals surface area contributed by atoms with Gasteiger partial charge in [0.1, 0.15) is 0 Å². The van der Waals surface area contributed by atoms with Crippen LogP contribution in [0.1, 0.15) is 31.9 Å². The van der Waals surface area contributed by atoms with Gasteiger partial charge in [-0.15, -0.1) is 0 Å². The molecule has 0 spiro atoms. The lowest BCUT2D eigenvalue weighted by atomic mass is 9.69. The maximum atomic E-state index is 2.37. The van der Waals surface area contributed by atoms with Crippen LogP contribution in [-0.4, -0.2) is 0 Å². The zero-order chi connectivity index (χ0) is 12.0. The molecule has 0 amide bonds. The van der Waals surface area contributed by atoms with Crippen LogP contribution in [-0.2, 0) is 5.41 Å². The fraction of sp³-hybridized carbons (Fsp3) is 0.294. The van der Waals surface area contributed by atoms with Crippen LogP contribution in [0.3, 0.4) is 0 Å². The number of benzene rings is 2. The highest BCUT2D eigenvalue weighted by Gasteiger charge is 2.30. The molecule has 3 rings (SSSR count). The predicted octanol–water partition coefficient (Wildman–Crippen LogP) is 4.78. The van der Waals surface area contributed by atoms with E-state index >= 15 is 0 Å². The van der Waals surface area contributed by atoms with Crippen LogP contribution in [0.15, 0.2) is 42.5 Å². The number of fused-ring (bicyclic) bond motifs is 2. The molecule has 0 saturated heterocycles. The molecule has 86 valence electrons. The van der Waals surface area contributed by atoms with Gasteiger partial charge in [-0.2, -0.15) is 0 Å². The van der Waals surface area contributed by atoms with Crippen molar-refractivity contribution in [2.24, 2.45) is 5.92 Å². The van der Waals surface area contributed by atoms with Crippen LogP contribution < -0.4 is 0 Å². The van der Waals surface area contributed by atoms with Crippen molar-refractivity contribution in [2.75, 3.05) is 0 Å². The van der Waals surface area contributed by atoms with Crippen molar-refractivity contribution >= 4 is 16.8 Å². The Hall–Kier alpha value is -1.56. The molecule has 1 unspecified atom stereocenters. The standard InChI is InChI=1S/C17H18/c1-12-8-9-15-10-13-6-4-5-7-14(13)11-16(15)17(12,2)3/h4-12H,1-3H3. The van der Waals surface area contributed by atoms with Gasteiger partial charge in [-0.3, -0.25) is 0 Å². The number of allylic oxidation sites excluding steroid dienone is 1. The van der Waals surface area contributed by atoms with Gasteiger partial charge in [0.2, 0.25) is 0 Å². The van der Waals surface area contributed by atoms with Gasteiger partial charge in [-0.1, -0.05) is 57.2 Å². The van der Waals surface area contributed by atoms with Crippen molar-refractivity contribution in [3.8, 4) is 0 Å². The largest absolute Gasteiger partial charge is 0.0802 e. The lowest BCUT2D eigenvalue weighted by Crippen LogP contribution is -2.28. The molecule has 2 aromatic carbocycles. The van der Waals surface area contributed by atoms with E-state index in [9.17, 15) is 0 Å². The van der Waals surface area contributed by atoms with Gasteiger partial charge < -0.3 is 0 Å². The Morgan fingerprint density at radius 1 is 1.00 bits per heavy atom. The molecule has 1 aliphatic carbocycles. The van der Waals surface area contributed by atoms with E-state index in [2.05, 4.69) is 69.3 Å². The molecule has 17 heavy (non-hydrogen) atoms. The van der Waals surface area contributed by atoms with E-state index in [1.807, 2.05) is 0 Å². The first kappa shape index (κ1) is 10.6. The minimum Gasteiger partial charge on any atom is -0.0802 e. The van der Waals surface area contributed by atoms with Crippen molar-refractivity contribution in [3.63, 3.8) is 0 Å². The van der Waals surface area contributed by atoms with E-state index in [1.54, 1.807) is 0 Å². The molecule has 0 saturated carbocycles. The maximum Gasteiger partial charge on any atom is -0.00372 e. The van der Waals surface area contributed by atoms with Crippen LogP contribution in [0.4, 0.5) is 0 Å². The second-order valence-electron chi connectivity index (χ2n) is 5.66. The second kappa shape index (κ2) is 3.46. The van der Waals surface area contributed by atoms with Crippen LogP contribution in [0.25, 0.3) is 16.8 Å². The normalized spacial score (nSPS) is 21.5. The highest BCUT2D eigenvalue weighted by atomic mass is 14.3. The highest BCUT2D eigenvalue weighted by molar-refractivity contribution is 5.87. The monoisotopic (exact) mass is 222 g/mol. The summed E-state index contributed by atoms with van der Waals surface area (Å²) in [4.78, 5) is 0. The Labute approximate surface area is 103 Å². The van der Waals surface area contributed by atoms with E-state index in [0.29, 0.717) is 5.92 Å². The minimum atomic E-state index is 0.230. The van der Waals surface area contributed by atoms with Crippen LogP contribution in [0, 0.1) is 5.92 Å². The molecule has 0 radical (unpaired) electrons. The Morgan fingerprint density at radius 2 is 1.65 bits per heavy atom. The summed E-state index contributed by atoms with van der Waals surface area (Å²) in [5.41, 5.74) is 3.09. The van der Waals surface area contributed by atoms with Gasteiger partial charge in [0.15, 0.2) is 0 Å². The van der Waals surface area contributed by atoms with E-state index in [1.165, 1.54) is 21.9 Å². The van der Waals surface area contributed by atoms with Gasteiger partial charge in [-0.25, -0.2) is 0 Å². The third kappa shape index (κ3) is 1.51. The minimum absolute atomic E-state index is 0.230. The van der Waals surface area contributed by atoms with Crippen LogP contribution in [0.5, 0.6) is 0 Å². The quantitative estimate of drug-likeness (QED) is 0.601. The summed E-state index contributed by atoms with van der Waals surface area (Å²) in [6, 6.07) is 13.3. The summed E-state index contributed by atoms with van der Waals surface area (Å²) in [5.74, 6) is 0.594. The zero-order valence-corrected chi connectivity index (χ0v) is 10.7. The molecule has 0 nitrogen and oxygen atoms in total. The lowest BCUT2D eigenvalue weighted by Gasteiger charge is -2.35. The molecule has 0 aromatic heterocycles. The second-order valence-corrected chi connectivity index (χ2v) is 5.66. The number of hydrogen-bond acceptors (Lipinski definition) is 0. The summed E-state index contributed by atoms with van der Waals surface area (Å²) in [6.45, 7) is 6.98. The molecule has 0 heteroatoms. The molecule has 1 aliphatic rings. The fourth-order valence-electron chi connectivity index (χ4n) is 2.69. The van der Waals surface area contributed by atoms with E-state index in [4.69, 9.17) is 0 Å². The first-order valence-corrected chi connectivity index (χ1v) is 6.30. The molecule has 1 atom stereocenters. The fourth-order valence-corrected chi connectivity index (χ4v) is 2.69. The first-order valence-electron chi connectivity index (χ1n) is 6.30. The maximum absolute atomic E-state index is 2.37. The lowest BCUT2D eigenvalue weighted by molar-refractivity contribution is 0.405. The molecule has 0 aliphatic heterocycles. The third-order valence-corrected chi connectivity index (χ3v) is 4.31. The van der Waals surface area contributed by atoms with Gasteiger partial charge in [0, 0.05) is 0 Å². The van der Waals surface area contributed by atoms with E-state index in [-0.39, 0.29) is 5.41 Å². The van der Waals surface area contributed by atoms with Gasteiger partial charge >= 0.3 is 0 Å². The number of hydrogen-bond donors (Lipinski definition) is 0. The summed E-state index contributed by atoms with van der Waals surface area (Å²) in [5, 5.41) is 2.68. The smallest absolute Gasteiger partial charge is 0.00372 e. The van der Waals surface area contributed by atoms with Crippen LogP contribution >= 0.6 is 0 Å². The topological polar surface area (TPSA) is 0 Å². The summed E-state index contributed by atoms with van der Waals surface area (Å²) in [7, 11) is 0. The van der Waals surface area contributed by atoms with Crippen molar-refractivity contribution in [1.29, 1.82) is 0 Å². The highest BCUT2D eigenvalue weighted by Crippen LogP contribution is 2.40. The van der Waals surface area contributed by atoms with Crippen molar-refractivity contribution in [3.05, 3.63) is 53.6 Å². The van der Waals surface area contributed by atoms with Crippen molar-refractivity contribution in [2.45, 2.75) is 26.2 Å². The molecule has 0 bridgehead atoms. The van der Waals surface area contributed by atoms with Crippen molar-refractivity contribution < 1.29 is 0 Å². The van der Waals surface area contributed by atoms with Crippen LogP contribution in [0.2, 0.25) is 0 Å². The van der Waals surface area contributed by atoms with E-state index < -0.39 is 0 Å². The summed E-state index contributed by atoms with van der Waals surface area (Å²) >= 11 is 0. The Morgan fingerprint density at radius 3 is 2.35 bits per heavy atom. The molecular weight excluding hydrogens is 204 g/mol. The van der Waals surface area contributed by atoms with Crippen molar-refractivity contribution in [1.82, 2.24) is 0 Å². The third-order valence-electron chi connectivity index (χ3n) is 4.31. The molecular formula is C17H18. The average molecular weight is 222 g/mol. The molecule has 2 aromatic rings. The first-order chi connectivity index (χ1) is 8.09. The van der Waals surface area contributed by atoms with Gasteiger partial charge in [0.25, 0.3) is 0 Å². The Bertz CT molecular complexity index is 602. The predicted molar refractivity (Wildman–Crippen MR) is 75.2 cm³/mol. The molecule has 0 N–H and O–H groups in total. The Balaban J connectivity index is 2.33. The number of rotatable bonds is 0.